The van der Waals surface area contributed by atoms with Crippen LogP contribution in [0.5, 0.6) is 0 Å². The van der Waals surface area contributed by atoms with Crippen LogP contribution in [0.3, 0.4) is 0 Å². The lowest BCUT2D eigenvalue weighted by atomic mass is 10.1. The van der Waals surface area contributed by atoms with E-state index in [0.717, 1.165) is 6.42 Å². The molecule has 0 saturated carbocycles. The minimum atomic E-state index is 1.14. The van der Waals surface area contributed by atoms with Crippen LogP contribution in [-0.2, 0) is 0 Å². The van der Waals surface area contributed by atoms with E-state index in [-0.39, 0.29) is 0 Å². The van der Waals surface area contributed by atoms with Gasteiger partial charge in [0.25, 0.3) is 0 Å². The first-order valence-corrected chi connectivity index (χ1v) is 3.90. The summed E-state index contributed by atoms with van der Waals surface area (Å²) in [6.45, 7) is 7.98. The van der Waals surface area contributed by atoms with Gasteiger partial charge in [-0.1, -0.05) is 42.0 Å². The van der Waals surface area contributed by atoms with Gasteiger partial charge in [-0.15, -0.1) is 0 Å². The summed E-state index contributed by atoms with van der Waals surface area (Å²) in [6, 6.07) is 0. The van der Waals surface area contributed by atoms with Crippen LogP contribution in [0.25, 0.3) is 0 Å². The molecule has 0 radical (unpaired) electrons. The van der Waals surface area contributed by atoms with Crippen LogP contribution in [0.1, 0.15) is 20.3 Å². The molecule has 0 heterocycles. The van der Waals surface area contributed by atoms with Crippen LogP contribution in [-0.4, -0.2) is 0 Å². The smallest absolute Gasteiger partial charge is 0.0102 e. The van der Waals surface area contributed by atoms with E-state index in [4.69, 9.17) is 0 Å². The van der Waals surface area contributed by atoms with Crippen molar-refractivity contribution in [2.24, 2.45) is 0 Å². The molecule has 0 saturated heterocycles. The van der Waals surface area contributed by atoms with Crippen LogP contribution in [0.2, 0.25) is 0 Å². The van der Waals surface area contributed by atoms with Gasteiger partial charge in [-0.3, -0.25) is 0 Å². The highest BCUT2D eigenvalue weighted by Crippen LogP contribution is 2.24. The van der Waals surface area contributed by atoms with E-state index < -0.39 is 0 Å². The van der Waals surface area contributed by atoms with Gasteiger partial charge in [0.15, 0.2) is 0 Å². The molecule has 1 aliphatic carbocycles. The van der Waals surface area contributed by atoms with Crippen molar-refractivity contribution in [3.05, 3.63) is 47.6 Å². The second-order valence-electron chi connectivity index (χ2n) is 3.00. The Kier molecular flexibility index (Phi) is 2.48. The fraction of sp³-hybridized carbons (Fsp3) is 0.273. The average Bonchev–Trinajstić information content (AvgIpc) is 2.26. The topological polar surface area (TPSA) is 0 Å². The van der Waals surface area contributed by atoms with Gasteiger partial charge in [0.1, 0.15) is 0 Å². The van der Waals surface area contributed by atoms with Gasteiger partial charge < -0.3 is 0 Å². The van der Waals surface area contributed by atoms with E-state index in [1.54, 1.807) is 0 Å². The van der Waals surface area contributed by atoms with Crippen molar-refractivity contribution in [2.45, 2.75) is 20.3 Å². The second-order valence-corrected chi connectivity index (χ2v) is 3.00. The third-order valence-corrected chi connectivity index (χ3v) is 1.85. The van der Waals surface area contributed by atoms with Gasteiger partial charge in [0, 0.05) is 0 Å². The van der Waals surface area contributed by atoms with Gasteiger partial charge in [-0.25, -0.2) is 0 Å². The van der Waals surface area contributed by atoms with Gasteiger partial charge in [0.05, 0.1) is 0 Å². The SMILES string of the molecule is C=C/C=C\C1=C(C)CC(C)=C1. The van der Waals surface area contributed by atoms with Gasteiger partial charge >= 0.3 is 0 Å². The first-order valence-electron chi connectivity index (χ1n) is 3.90. The molecule has 11 heavy (non-hydrogen) atoms. The highest BCUT2D eigenvalue weighted by molar-refractivity contribution is 5.44. The summed E-state index contributed by atoms with van der Waals surface area (Å²) < 4.78 is 0. The summed E-state index contributed by atoms with van der Waals surface area (Å²) >= 11 is 0. The molecule has 0 heteroatoms. The lowest BCUT2D eigenvalue weighted by Gasteiger charge is -1.92. The van der Waals surface area contributed by atoms with Crippen molar-refractivity contribution < 1.29 is 0 Å². The maximum Gasteiger partial charge on any atom is -0.0102 e. The first kappa shape index (κ1) is 8.06. The summed E-state index contributed by atoms with van der Waals surface area (Å²) in [5.41, 5.74) is 4.26. The molecule has 0 aromatic rings. The Morgan fingerprint density at radius 1 is 1.45 bits per heavy atom. The summed E-state index contributed by atoms with van der Waals surface area (Å²) in [5, 5.41) is 0. The molecular weight excluding hydrogens is 132 g/mol. The molecule has 0 aromatic carbocycles. The molecular formula is C11H14. The molecule has 0 unspecified atom stereocenters. The highest BCUT2D eigenvalue weighted by atomic mass is 14.1. The molecule has 0 aliphatic heterocycles. The fourth-order valence-electron chi connectivity index (χ4n) is 1.32. The second kappa shape index (κ2) is 3.38. The number of hydrogen-bond donors (Lipinski definition) is 0. The molecule has 0 amide bonds. The van der Waals surface area contributed by atoms with Crippen molar-refractivity contribution in [1.82, 2.24) is 0 Å². The average molecular weight is 146 g/mol. The number of rotatable bonds is 2. The molecule has 0 fully saturated rings. The summed E-state index contributed by atoms with van der Waals surface area (Å²) in [4.78, 5) is 0. The zero-order valence-corrected chi connectivity index (χ0v) is 7.22. The lowest BCUT2D eigenvalue weighted by Crippen LogP contribution is -1.72. The Labute approximate surface area is 68.6 Å². The van der Waals surface area contributed by atoms with E-state index in [2.05, 4.69) is 32.6 Å². The zero-order chi connectivity index (χ0) is 8.27. The minimum Gasteiger partial charge on any atom is -0.0991 e. The number of hydrogen-bond acceptors (Lipinski definition) is 0. The fourth-order valence-corrected chi connectivity index (χ4v) is 1.32. The van der Waals surface area contributed by atoms with Crippen molar-refractivity contribution >= 4 is 0 Å². The maximum absolute atomic E-state index is 3.64. The monoisotopic (exact) mass is 146 g/mol. The van der Waals surface area contributed by atoms with Crippen LogP contribution in [0, 0.1) is 0 Å². The molecule has 1 aliphatic rings. The van der Waals surface area contributed by atoms with Crippen LogP contribution in [0.15, 0.2) is 47.6 Å². The Balaban J connectivity index is 2.77. The Hall–Kier alpha value is -1.04. The van der Waals surface area contributed by atoms with Crippen molar-refractivity contribution in [3.63, 3.8) is 0 Å². The number of allylic oxidation sites excluding steroid dienone is 7. The quantitative estimate of drug-likeness (QED) is 0.524. The van der Waals surface area contributed by atoms with Crippen molar-refractivity contribution in [2.75, 3.05) is 0 Å². The normalized spacial score (nSPS) is 17.8. The van der Waals surface area contributed by atoms with E-state index in [1.807, 2.05) is 12.2 Å². The van der Waals surface area contributed by atoms with E-state index in [0.29, 0.717) is 0 Å². The molecule has 0 bridgehead atoms. The molecule has 0 spiro atoms. The standard InChI is InChI=1S/C11H14/c1-4-5-6-11-8-9(2)7-10(11)3/h4-6,8H,1,7H2,2-3H3/b6-5-. The van der Waals surface area contributed by atoms with Gasteiger partial charge in [0.2, 0.25) is 0 Å². The maximum atomic E-state index is 3.64. The lowest BCUT2D eigenvalue weighted by molar-refractivity contribution is 1.14. The van der Waals surface area contributed by atoms with Gasteiger partial charge in [-0.05, 0) is 25.8 Å². The largest absolute Gasteiger partial charge is 0.0991 e. The Morgan fingerprint density at radius 2 is 2.18 bits per heavy atom. The third-order valence-electron chi connectivity index (χ3n) is 1.85. The van der Waals surface area contributed by atoms with E-state index in [1.165, 1.54) is 16.7 Å². The minimum absolute atomic E-state index is 1.14. The predicted octanol–water partition coefficient (Wildman–Crippen LogP) is 3.40. The molecule has 58 valence electrons. The van der Waals surface area contributed by atoms with Crippen LogP contribution >= 0.6 is 0 Å². The third kappa shape index (κ3) is 1.94. The Bertz CT molecular complexity index is 249. The van der Waals surface area contributed by atoms with Crippen LogP contribution < -0.4 is 0 Å². The summed E-state index contributed by atoms with van der Waals surface area (Å²) in [7, 11) is 0. The molecule has 1 rings (SSSR count). The highest BCUT2D eigenvalue weighted by Gasteiger charge is 2.05. The zero-order valence-electron chi connectivity index (χ0n) is 7.22. The van der Waals surface area contributed by atoms with E-state index >= 15 is 0 Å². The molecule has 0 atom stereocenters. The Morgan fingerprint density at radius 3 is 2.64 bits per heavy atom. The van der Waals surface area contributed by atoms with E-state index in [9.17, 15) is 0 Å². The van der Waals surface area contributed by atoms with Crippen LogP contribution in [0.4, 0.5) is 0 Å². The molecule has 0 aromatic heterocycles. The summed E-state index contributed by atoms with van der Waals surface area (Å²) in [5.74, 6) is 0. The molecule has 0 nitrogen and oxygen atoms in total. The molecule has 0 N–H and O–H groups in total. The van der Waals surface area contributed by atoms with Crippen molar-refractivity contribution in [1.29, 1.82) is 0 Å². The van der Waals surface area contributed by atoms with Gasteiger partial charge in [-0.2, -0.15) is 0 Å². The summed E-state index contributed by atoms with van der Waals surface area (Å²) in [6.07, 6.45) is 9.26. The predicted molar refractivity (Wildman–Crippen MR) is 50.4 cm³/mol. The van der Waals surface area contributed by atoms with Crippen molar-refractivity contribution in [3.8, 4) is 0 Å². The first-order chi connectivity index (χ1) is 5.24.